The Kier molecular flexibility index (Phi) is 3.65. The van der Waals surface area contributed by atoms with Gasteiger partial charge in [-0.25, -0.2) is 4.98 Å². The number of rotatable bonds is 4. The molecule has 0 radical (unpaired) electrons. The largest absolute Gasteiger partial charge is 0.333 e. The molecule has 3 rings (SSSR count). The lowest BCUT2D eigenvalue weighted by Gasteiger charge is -2.14. The van der Waals surface area contributed by atoms with Crippen LogP contribution in [0.3, 0.4) is 0 Å². The molecule has 0 unspecified atom stereocenters. The van der Waals surface area contributed by atoms with Crippen molar-refractivity contribution in [1.29, 1.82) is 0 Å². The van der Waals surface area contributed by atoms with Crippen molar-refractivity contribution in [3.63, 3.8) is 0 Å². The third kappa shape index (κ3) is 2.87. The SMILES string of the molecule is Cc1cccc(CCn2cncc2[C@@H]2CCCN2)c1. The fourth-order valence-corrected chi connectivity index (χ4v) is 2.86. The summed E-state index contributed by atoms with van der Waals surface area (Å²) in [6, 6.07) is 9.26. The van der Waals surface area contributed by atoms with E-state index >= 15 is 0 Å². The number of imidazole rings is 1. The number of nitrogens with zero attached hydrogens (tertiary/aromatic N) is 2. The van der Waals surface area contributed by atoms with Crippen LogP contribution in [0, 0.1) is 6.92 Å². The second-order valence-electron chi connectivity index (χ2n) is 5.40. The number of nitrogens with one attached hydrogen (secondary N) is 1. The third-order valence-electron chi connectivity index (χ3n) is 3.89. The average molecular weight is 255 g/mol. The Bertz CT molecular complexity index is 538. The number of hydrogen-bond donors (Lipinski definition) is 1. The van der Waals surface area contributed by atoms with Crippen LogP contribution < -0.4 is 5.32 Å². The van der Waals surface area contributed by atoms with E-state index in [2.05, 4.69) is 46.1 Å². The van der Waals surface area contributed by atoms with Crippen molar-refractivity contribution in [1.82, 2.24) is 14.9 Å². The lowest BCUT2D eigenvalue weighted by Crippen LogP contribution is -2.17. The Balaban J connectivity index is 1.68. The average Bonchev–Trinajstić information content (AvgIpc) is 3.07. The van der Waals surface area contributed by atoms with Gasteiger partial charge in [0.25, 0.3) is 0 Å². The molecule has 1 saturated heterocycles. The molecule has 1 aliphatic heterocycles. The highest BCUT2D eigenvalue weighted by molar-refractivity contribution is 5.22. The van der Waals surface area contributed by atoms with E-state index in [0.29, 0.717) is 6.04 Å². The summed E-state index contributed by atoms with van der Waals surface area (Å²) in [6.07, 6.45) is 7.55. The molecule has 0 amide bonds. The summed E-state index contributed by atoms with van der Waals surface area (Å²) in [7, 11) is 0. The fourth-order valence-electron chi connectivity index (χ4n) is 2.86. The molecule has 100 valence electrons. The van der Waals surface area contributed by atoms with Crippen molar-refractivity contribution in [2.24, 2.45) is 0 Å². The van der Waals surface area contributed by atoms with Gasteiger partial charge in [-0.05, 0) is 38.3 Å². The molecule has 1 fully saturated rings. The van der Waals surface area contributed by atoms with Crippen molar-refractivity contribution in [2.45, 2.75) is 38.8 Å². The molecular formula is C16H21N3. The molecule has 1 aromatic heterocycles. The summed E-state index contributed by atoms with van der Waals surface area (Å²) in [4.78, 5) is 4.32. The summed E-state index contributed by atoms with van der Waals surface area (Å²) in [5, 5.41) is 3.55. The van der Waals surface area contributed by atoms with Crippen LogP contribution >= 0.6 is 0 Å². The Morgan fingerprint density at radius 3 is 3.16 bits per heavy atom. The normalized spacial score (nSPS) is 18.9. The van der Waals surface area contributed by atoms with Crippen molar-refractivity contribution in [3.05, 3.63) is 53.6 Å². The van der Waals surface area contributed by atoms with Crippen LogP contribution in [0.5, 0.6) is 0 Å². The molecule has 3 heteroatoms. The minimum absolute atomic E-state index is 0.500. The van der Waals surface area contributed by atoms with Crippen LogP contribution in [0.25, 0.3) is 0 Å². The van der Waals surface area contributed by atoms with E-state index in [0.717, 1.165) is 19.5 Å². The summed E-state index contributed by atoms with van der Waals surface area (Å²) in [6.45, 7) is 4.29. The lowest BCUT2D eigenvalue weighted by molar-refractivity contribution is 0.563. The van der Waals surface area contributed by atoms with Crippen molar-refractivity contribution in [2.75, 3.05) is 6.54 Å². The topological polar surface area (TPSA) is 29.9 Å². The molecule has 2 heterocycles. The highest BCUT2D eigenvalue weighted by Gasteiger charge is 2.19. The first kappa shape index (κ1) is 12.4. The van der Waals surface area contributed by atoms with Gasteiger partial charge in [0.15, 0.2) is 0 Å². The van der Waals surface area contributed by atoms with Crippen molar-refractivity contribution in [3.8, 4) is 0 Å². The number of aryl methyl sites for hydroxylation is 3. The van der Waals surface area contributed by atoms with E-state index in [1.54, 1.807) is 0 Å². The maximum atomic E-state index is 4.32. The van der Waals surface area contributed by atoms with Gasteiger partial charge < -0.3 is 9.88 Å². The van der Waals surface area contributed by atoms with Gasteiger partial charge in [-0.2, -0.15) is 0 Å². The Hall–Kier alpha value is -1.61. The van der Waals surface area contributed by atoms with Crippen LogP contribution in [-0.2, 0) is 13.0 Å². The first-order valence-electron chi connectivity index (χ1n) is 7.12. The molecular weight excluding hydrogens is 234 g/mol. The first-order chi connectivity index (χ1) is 9.33. The maximum Gasteiger partial charge on any atom is 0.0948 e. The summed E-state index contributed by atoms with van der Waals surface area (Å²) < 4.78 is 2.30. The molecule has 2 aromatic rings. The zero-order valence-corrected chi connectivity index (χ0v) is 11.5. The van der Waals surface area contributed by atoms with E-state index in [1.807, 2.05) is 12.5 Å². The van der Waals surface area contributed by atoms with Gasteiger partial charge in [-0.1, -0.05) is 29.8 Å². The summed E-state index contributed by atoms with van der Waals surface area (Å²) in [5.41, 5.74) is 4.07. The van der Waals surface area contributed by atoms with Gasteiger partial charge in [-0.3, -0.25) is 0 Å². The maximum absolute atomic E-state index is 4.32. The minimum Gasteiger partial charge on any atom is -0.333 e. The quantitative estimate of drug-likeness (QED) is 0.910. The van der Waals surface area contributed by atoms with E-state index in [-0.39, 0.29) is 0 Å². The number of benzene rings is 1. The first-order valence-corrected chi connectivity index (χ1v) is 7.12. The smallest absolute Gasteiger partial charge is 0.0948 e. The van der Waals surface area contributed by atoms with Gasteiger partial charge >= 0.3 is 0 Å². The van der Waals surface area contributed by atoms with Gasteiger partial charge in [0, 0.05) is 18.8 Å². The lowest BCUT2D eigenvalue weighted by atomic mass is 10.1. The molecule has 0 aliphatic carbocycles. The monoisotopic (exact) mass is 255 g/mol. The van der Waals surface area contributed by atoms with Crippen LogP contribution in [0.4, 0.5) is 0 Å². The minimum atomic E-state index is 0.500. The van der Waals surface area contributed by atoms with Gasteiger partial charge in [0.1, 0.15) is 0 Å². The molecule has 1 aromatic carbocycles. The molecule has 0 bridgehead atoms. The number of aromatic nitrogens is 2. The molecule has 0 saturated carbocycles. The Morgan fingerprint density at radius 2 is 2.37 bits per heavy atom. The zero-order chi connectivity index (χ0) is 13.1. The highest BCUT2D eigenvalue weighted by atomic mass is 15.1. The molecule has 19 heavy (non-hydrogen) atoms. The number of hydrogen-bond acceptors (Lipinski definition) is 2. The molecule has 1 N–H and O–H groups in total. The van der Waals surface area contributed by atoms with Crippen LogP contribution in [-0.4, -0.2) is 16.1 Å². The van der Waals surface area contributed by atoms with E-state index in [1.165, 1.54) is 29.7 Å². The molecule has 0 spiro atoms. The van der Waals surface area contributed by atoms with E-state index in [4.69, 9.17) is 0 Å². The van der Waals surface area contributed by atoms with Crippen LogP contribution in [0.15, 0.2) is 36.8 Å². The van der Waals surface area contributed by atoms with Crippen molar-refractivity contribution >= 4 is 0 Å². The fraction of sp³-hybridized carbons (Fsp3) is 0.438. The van der Waals surface area contributed by atoms with Gasteiger partial charge in [0.2, 0.25) is 0 Å². The van der Waals surface area contributed by atoms with E-state index < -0.39 is 0 Å². The predicted molar refractivity (Wildman–Crippen MR) is 77.1 cm³/mol. The Labute approximate surface area is 114 Å². The zero-order valence-electron chi connectivity index (χ0n) is 11.5. The second-order valence-corrected chi connectivity index (χ2v) is 5.40. The highest BCUT2D eigenvalue weighted by Crippen LogP contribution is 2.22. The second kappa shape index (κ2) is 5.57. The third-order valence-corrected chi connectivity index (χ3v) is 3.89. The molecule has 1 aliphatic rings. The van der Waals surface area contributed by atoms with Gasteiger partial charge in [0.05, 0.1) is 12.0 Å². The summed E-state index contributed by atoms with van der Waals surface area (Å²) >= 11 is 0. The van der Waals surface area contributed by atoms with E-state index in [9.17, 15) is 0 Å². The predicted octanol–water partition coefficient (Wildman–Crippen LogP) is 2.86. The van der Waals surface area contributed by atoms with Crippen LogP contribution in [0.1, 0.15) is 35.7 Å². The Morgan fingerprint density at radius 1 is 1.42 bits per heavy atom. The van der Waals surface area contributed by atoms with Crippen LogP contribution in [0.2, 0.25) is 0 Å². The standard InChI is InChI=1S/C16H21N3/c1-13-4-2-5-14(10-13)7-9-19-12-17-11-16(19)15-6-3-8-18-15/h2,4-5,10-12,15,18H,3,6-9H2,1H3/t15-/m0/s1. The van der Waals surface area contributed by atoms with Crippen molar-refractivity contribution < 1.29 is 0 Å². The molecule has 3 nitrogen and oxygen atoms in total. The summed E-state index contributed by atoms with van der Waals surface area (Å²) in [5.74, 6) is 0. The van der Waals surface area contributed by atoms with Gasteiger partial charge in [-0.15, -0.1) is 0 Å². The molecule has 1 atom stereocenters.